The fraction of sp³-hybridized carbons (Fsp3) is 0.700. The SMILES string of the molecule is C=C/C=N\C(CC)C(C)(C)C. The Balaban J connectivity index is 4.17. The van der Waals surface area contributed by atoms with E-state index >= 15 is 0 Å². The summed E-state index contributed by atoms with van der Waals surface area (Å²) in [6.45, 7) is 12.4. The summed E-state index contributed by atoms with van der Waals surface area (Å²) in [4.78, 5) is 4.39. The van der Waals surface area contributed by atoms with Gasteiger partial charge in [-0.25, -0.2) is 0 Å². The lowest BCUT2D eigenvalue weighted by atomic mass is 9.86. The highest BCUT2D eigenvalue weighted by Gasteiger charge is 2.20. The van der Waals surface area contributed by atoms with Gasteiger partial charge in [0.15, 0.2) is 0 Å². The van der Waals surface area contributed by atoms with Crippen LogP contribution in [-0.4, -0.2) is 12.3 Å². The Morgan fingerprint density at radius 2 is 2.00 bits per heavy atom. The van der Waals surface area contributed by atoms with Crippen molar-refractivity contribution in [3.8, 4) is 0 Å². The van der Waals surface area contributed by atoms with Gasteiger partial charge in [-0.2, -0.15) is 0 Å². The first kappa shape index (κ1) is 10.4. The molecule has 0 rings (SSSR count). The molecule has 0 saturated heterocycles. The minimum absolute atomic E-state index is 0.272. The smallest absolute Gasteiger partial charge is 0.0545 e. The molecule has 0 aliphatic carbocycles. The van der Waals surface area contributed by atoms with E-state index in [1.54, 1.807) is 12.3 Å². The molecule has 0 spiro atoms. The first-order valence-electron chi connectivity index (χ1n) is 4.16. The van der Waals surface area contributed by atoms with E-state index in [0.717, 1.165) is 6.42 Å². The standard InChI is InChI=1S/C10H19N/c1-6-8-11-9(7-2)10(3,4)5/h6,8-9H,1,7H2,2-5H3/b11-8-. The molecular formula is C10H19N. The molecule has 1 heteroatoms. The second-order valence-electron chi connectivity index (χ2n) is 3.82. The van der Waals surface area contributed by atoms with Crippen molar-refractivity contribution in [3.63, 3.8) is 0 Å². The van der Waals surface area contributed by atoms with Crippen molar-refractivity contribution in [3.05, 3.63) is 12.7 Å². The number of aliphatic imine (C=N–C) groups is 1. The fourth-order valence-electron chi connectivity index (χ4n) is 1.11. The highest BCUT2D eigenvalue weighted by molar-refractivity contribution is 5.70. The van der Waals surface area contributed by atoms with E-state index in [1.807, 2.05) is 0 Å². The Morgan fingerprint density at radius 1 is 1.45 bits per heavy atom. The number of allylic oxidation sites excluding steroid dienone is 1. The summed E-state index contributed by atoms with van der Waals surface area (Å²) < 4.78 is 0. The topological polar surface area (TPSA) is 12.4 Å². The van der Waals surface area contributed by atoms with E-state index in [0.29, 0.717) is 6.04 Å². The summed E-state index contributed by atoms with van der Waals surface area (Å²) >= 11 is 0. The Hall–Kier alpha value is -0.590. The van der Waals surface area contributed by atoms with Crippen molar-refractivity contribution in [2.75, 3.05) is 0 Å². The molecule has 0 aromatic heterocycles. The highest BCUT2D eigenvalue weighted by Crippen LogP contribution is 2.24. The first-order chi connectivity index (χ1) is 5.02. The summed E-state index contributed by atoms with van der Waals surface area (Å²) in [7, 11) is 0. The second-order valence-corrected chi connectivity index (χ2v) is 3.82. The number of nitrogens with zero attached hydrogens (tertiary/aromatic N) is 1. The third-order valence-corrected chi connectivity index (χ3v) is 1.76. The van der Waals surface area contributed by atoms with E-state index in [2.05, 4.69) is 39.3 Å². The predicted molar refractivity (Wildman–Crippen MR) is 52.2 cm³/mol. The minimum Gasteiger partial charge on any atom is -0.289 e. The van der Waals surface area contributed by atoms with Gasteiger partial charge in [-0.3, -0.25) is 4.99 Å². The Bertz CT molecular complexity index is 139. The van der Waals surface area contributed by atoms with Crippen LogP contribution in [0.15, 0.2) is 17.6 Å². The van der Waals surface area contributed by atoms with Gasteiger partial charge in [-0.05, 0) is 11.8 Å². The molecule has 11 heavy (non-hydrogen) atoms. The third-order valence-electron chi connectivity index (χ3n) is 1.76. The zero-order chi connectivity index (χ0) is 8.91. The molecule has 0 aromatic carbocycles. The maximum absolute atomic E-state index is 4.39. The first-order valence-corrected chi connectivity index (χ1v) is 4.16. The van der Waals surface area contributed by atoms with Crippen molar-refractivity contribution in [2.24, 2.45) is 10.4 Å². The van der Waals surface area contributed by atoms with Gasteiger partial charge in [0.05, 0.1) is 6.04 Å². The molecule has 0 aliphatic rings. The van der Waals surface area contributed by atoms with Crippen molar-refractivity contribution >= 4 is 6.21 Å². The normalized spacial score (nSPS) is 15.3. The molecule has 0 fully saturated rings. The van der Waals surface area contributed by atoms with E-state index in [4.69, 9.17) is 0 Å². The van der Waals surface area contributed by atoms with Gasteiger partial charge in [0.1, 0.15) is 0 Å². The molecule has 1 nitrogen and oxygen atoms in total. The van der Waals surface area contributed by atoms with Crippen LogP contribution in [0.3, 0.4) is 0 Å². The van der Waals surface area contributed by atoms with Gasteiger partial charge in [0.2, 0.25) is 0 Å². The van der Waals surface area contributed by atoms with Crippen LogP contribution < -0.4 is 0 Å². The molecule has 1 unspecified atom stereocenters. The van der Waals surface area contributed by atoms with Gasteiger partial charge < -0.3 is 0 Å². The average Bonchev–Trinajstić information content (AvgIpc) is 1.87. The molecular weight excluding hydrogens is 134 g/mol. The minimum atomic E-state index is 0.272. The summed E-state index contributed by atoms with van der Waals surface area (Å²) in [5, 5.41) is 0. The second kappa shape index (κ2) is 4.32. The highest BCUT2D eigenvalue weighted by atomic mass is 14.8. The maximum Gasteiger partial charge on any atom is 0.0545 e. The zero-order valence-corrected chi connectivity index (χ0v) is 8.09. The van der Waals surface area contributed by atoms with Crippen LogP contribution in [-0.2, 0) is 0 Å². The van der Waals surface area contributed by atoms with Gasteiger partial charge in [0, 0.05) is 6.21 Å². The lowest BCUT2D eigenvalue weighted by Crippen LogP contribution is -2.23. The Labute approximate surface area is 70.2 Å². The molecule has 0 aliphatic heterocycles. The Morgan fingerprint density at radius 3 is 2.27 bits per heavy atom. The van der Waals surface area contributed by atoms with E-state index in [1.165, 1.54) is 0 Å². The average molecular weight is 153 g/mol. The van der Waals surface area contributed by atoms with Crippen LogP contribution in [0.4, 0.5) is 0 Å². The number of hydrogen-bond donors (Lipinski definition) is 0. The van der Waals surface area contributed by atoms with Crippen molar-refractivity contribution in [1.29, 1.82) is 0 Å². The van der Waals surface area contributed by atoms with E-state index in [9.17, 15) is 0 Å². The van der Waals surface area contributed by atoms with Gasteiger partial charge in [-0.15, -0.1) is 0 Å². The molecule has 0 N–H and O–H groups in total. The van der Waals surface area contributed by atoms with Crippen molar-refractivity contribution in [2.45, 2.75) is 40.2 Å². The largest absolute Gasteiger partial charge is 0.289 e. The van der Waals surface area contributed by atoms with Crippen LogP contribution in [0.25, 0.3) is 0 Å². The van der Waals surface area contributed by atoms with Gasteiger partial charge in [0.25, 0.3) is 0 Å². The molecule has 0 aromatic rings. The summed E-state index contributed by atoms with van der Waals surface area (Å²) in [5.41, 5.74) is 0.272. The molecule has 0 saturated carbocycles. The number of rotatable bonds is 3. The third kappa shape index (κ3) is 3.97. The Kier molecular flexibility index (Phi) is 4.09. The van der Waals surface area contributed by atoms with Crippen LogP contribution in [0, 0.1) is 5.41 Å². The fourth-order valence-corrected chi connectivity index (χ4v) is 1.11. The maximum atomic E-state index is 4.39. The molecule has 0 heterocycles. The molecule has 0 radical (unpaired) electrons. The van der Waals surface area contributed by atoms with Gasteiger partial charge >= 0.3 is 0 Å². The monoisotopic (exact) mass is 153 g/mol. The molecule has 0 amide bonds. The molecule has 64 valence electrons. The van der Waals surface area contributed by atoms with Gasteiger partial charge in [-0.1, -0.05) is 40.3 Å². The summed E-state index contributed by atoms with van der Waals surface area (Å²) in [6, 6.07) is 0.417. The summed E-state index contributed by atoms with van der Waals surface area (Å²) in [6.07, 6.45) is 4.61. The van der Waals surface area contributed by atoms with E-state index < -0.39 is 0 Å². The van der Waals surface area contributed by atoms with Crippen LogP contribution in [0.5, 0.6) is 0 Å². The zero-order valence-electron chi connectivity index (χ0n) is 8.09. The van der Waals surface area contributed by atoms with Crippen LogP contribution in [0.2, 0.25) is 0 Å². The lowest BCUT2D eigenvalue weighted by Gasteiger charge is -2.25. The lowest BCUT2D eigenvalue weighted by molar-refractivity contribution is 0.316. The predicted octanol–water partition coefficient (Wildman–Crippen LogP) is 3.07. The van der Waals surface area contributed by atoms with Crippen LogP contribution >= 0.6 is 0 Å². The summed E-state index contributed by atoms with van der Waals surface area (Å²) in [5.74, 6) is 0. The molecule has 0 bridgehead atoms. The van der Waals surface area contributed by atoms with Crippen molar-refractivity contribution < 1.29 is 0 Å². The van der Waals surface area contributed by atoms with Crippen LogP contribution in [0.1, 0.15) is 34.1 Å². The van der Waals surface area contributed by atoms with E-state index in [-0.39, 0.29) is 5.41 Å². The number of hydrogen-bond acceptors (Lipinski definition) is 1. The van der Waals surface area contributed by atoms with Crippen molar-refractivity contribution in [1.82, 2.24) is 0 Å². The molecule has 1 atom stereocenters. The quantitative estimate of drug-likeness (QED) is 0.552.